The van der Waals surface area contributed by atoms with Crippen LogP contribution in [-0.4, -0.2) is 24.5 Å². The minimum atomic E-state index is -0.00669. The Labute approximate surface area is 135 Å². The molecule has 2 aromatic carbocycles. The number of aromatic amines is 1. The zero-order valence-electron chi connectivity index (χ0n) is 13.3. The van der Waals surface area contributed by atoms with Gasteiger partial charge in [0.15, 0.2) is 0 Å². The number of aromatic nitrogens is 1. The molecule has 0 aliphatic heterocycles. The normalized spacial score (nSPS) is 10.7. The Kier molecular flexibility index (Phi) is 4.33. The van der Waals surface area contributed by atoms with Crippen LogP contribution < -0.4 is 10.1 Å². The standard InChI is InChI=1S/C19H20N2O2/c1-13(22)20-11-10-17-16-9-8-15(23-2)12-18(16)21-19(17)14-6-4-3-5-7-14/h3-9,12,21H,10-11H2,1-2H3,(H,20,22). The lowest BCUT2D eigenvalue weighted by Crippen LogP contribution is -2.22. The average Bonchev–Trinajstić information content (AvgIpc) is 2.93. The number of nitrogens with one attached hydrogen (secondary N) is 2. The molecule has 0 atom stereocenters. The number of rotatable bonds is 5. The third kappa shape index (κ3) is 3.21. The van der Waals surface area contributed by atoms with Gasteiger partial charge < -0.3 is 15.0 Å². The van der Waals surface area contributed by atoms with Gasteiger partial charge in [0.2, 0.25) is 5.91 Å². The number of carbonyl (C=O) groups is 1. The highest BCUT2D eigenvalue weighted by molar-refractivity contribution is 5.91. The maximum atomic E-state index is 11.1. The summed E-state index contributed by atoms with van der Waals surface area (Å²) >= 11 is 0. The Morgan fingerprint density at radius 1 is 1.17 bits per heavy atom. The van der Waals surface area contributed by atoms with Crippen molar-refractivity contribution in [3.63, 3.8) is 0 Å². The lowest BCUT2D eigenvalue weighted by Gasteiger charge is -2.06. The van der Waals surface area contributed by atoms with Crippen molar-refractivity contribution in [2.45, 2.75) is 13.3 Å². The highest BCUT2D eigenvalue weighted by Gasteiger charge is 2.13. The van der Waals surface area contributed by atoms with Crippen LogP contribution >= 0.6 is 0 Å². The molecule has 23 heavy (non-hydrogen) atoms. The molecular formula is C19H20N2O2. The van der Waals surface area contributed by atoms with E-state index < -0.39 is 0 Å². The topological polar surface area (TPSA) is 54.1 Å². The summed E-state index contributed by atoms with van der Waals surface area (Å²) < 4.78 is 5.31. The molecule has 0 saturated carbocycles. The minimum Gasteiger partial charge on any atom is -0.497 e. The van der Waals surface area contributed by atoms with Crippen molar-refractivity contribution in [3.8, 4) is 17.0 Å². The van der Waals surface area contributed by atoms with E-state index >= 15 is 0 Å². The summed E-state index contributed by atoms with van der Waals surface area (Å²) in [5.74, 6) is 0.819. The van der Waals surface area contributed by atoms with E-state index in [1.165, 1.54) is 12.5 Å². The van der Waals surface area contributed by atoms with Gasteiger partial charge in [0, 0.05) is 36.1 Å². The maximum Gasteiger partial charge on any atom is 0.216 e. The molecule has 4 nitrogen and oxygen atoms in total. The van der Waals surface area contributed by atoms with Crippen LogP contribution in [-0.2, 0) is 11.2 Å². The molecule has 0 spiro atoms. The predicted molar refractivity (Wildman–Crippen MR) is 92.7 cm³/mol. The third-order valence-electron chi connectivity index (χ3n) is 3.92. The lowest BCUT2D eigenvalue weighted by atomic mass is 10.0. The van der Waals surface area contributed by atoms with E-state index in [0.29, 0.717) is 6.54 Å². The van der Waals surface area contributed by atoms with Crippen molar-refractivity contribution in [2.75, 3.05) is 13.7 Å². The van der Waals surface area contributed by atoms with Crippen LogP contribution in [0.4, 0.5) is 0 Å². The molecule has 118 valence electrons. The summed E-state index contributed by atoms with van der Waals surface area (Å²) in [4.78, 5) is 14.6. The summed E-state index contributed by atoms with van der Waals surface area (Å²) in [6, 6.07) is 16.3. The molecule has 0 radical (unpaired) electrons. The highest BCUT2D eigenvalue weighted by atomic mass is 16.5. The van der Waals surface area contributed by atoms with E-state index in [2.05, 4.69) is 28.5 Å². The van der Waals surface area contributed by atoms with E-state index in [-0.39, 0.29) is 5.91 Å². The first kappa shape index (κ1) is 15.2. The van der Waals surface area contributed by atoms with Gasteiger partial charge in [-0.2, -0.15) is 0 Å². The Morgan fingerprint density at radius 3 is 2.65 bits per heavy atom. The summed E-state index contributed by atoms with van der Waals surface area (Å²) in [5, 5.41) is 4.03. The summed E-state index contributed by atoms with van der Waals surface area (Å²) in [6.07, 6.45) is 0.774. The van der Waals surface area contributed by atoms with Crippen LogP contribution in [0.1, 0.15) is 12.5 Å². The molecule has 1 amide bonds. The Balaban J connectivity index is 2.07. The van der Waals surface area contributed by atoms with Gasteiger partial charge in [-0.25, -0.2) is 0 Å². The Bertz CT molecular complexity index is 822. The number of hydrogen-bond donors (Lipinski definition) is 2. The number of fused-ring (bicyclic) bond motifs is 1. The van der Waals surface area contributed by atoms with Crippen molar-refractivity contribution in [3.05, 3.63) is 54.1 Å². The van der Waals surface area contributed by atoms with Crippen LogP contribution in [0.5, 0.6) is 5.75 Å². The highest BCUT2D eigenvalue weighted by Crippen LogP contribution is 2.32. The number of benzene rings is 2. The molecule has 2 N–H and O–H groups in total. The van der Waals surface area contributed by atoms with Crippen molar-refractivity contribution < 1.29 is 9.53 Å². The van der Waals surface area contributed by atoms with Crippen molar-refractivity contribution in [1.29, 1.82) is 0 Å². The molecule has 3 aromatic rings. The SMILES string of the molecule is COc1ccc2c(CCNC(C)=O)c(-c3ccccc3)[nH]c2c1. The fourth-order valence-electron chi connectivity index (χ4n) is 2.84. The Hall–Kier alpha value is -2.75. The zero-order chi connectivity index (χ0) is 16.2. The molecule has 4 heteroatoms. The van der Waals surface area contributed by atoms with Crippen molar-refractivity contribution in [2.24, 2.45) is 0 Å². The van der Waals surface area contributed by atoms with E-state index in [1.807, 2.05) is 30.3 Å². The van der Waals surface area contributed by atoms with Crippen LogP contribution in [0.25, 0.3) is 22.2 Å². The first-order chi connectivity index (χ1) is 11.2. The Morgan fingerprint density at radius 2 is 1.96 bits per heavy atom. The van der Waals surface area contributed by atoms with E-state index in [0.717, 1.165) is 34.3 Å². The molecule has 3 rings (SSSR count). The molecule has 1 aromatic heterocycles. The third-order valence-corrected chi connectivity index (χ3v) is 3.92. The van der Waals surface area contributed by atoms with Crippen LogP contribution in [0.15, 0.2) is 48.5 Å². The monoisotopic (exact) mass is 308 g/mol. The zero-order valence-corrected chi connectivity index (χ0v) is 13.3. The van der Waals surface area contributed by atoms with Gasteiger partial charge >= 0.3 is 0 Å². The van der Waals surface area contributed by atoms with Crippen LogP contribution in [0.2, 0.25) is 0 Å². The van der Waals surface area contributed by atoms with Gasteiger partial charge in [0.25, 0.3) is 0 Å². The second-order valence-corrected chi connectivity index (χ2v) is 5.49. The molecule has 1 heterocycles. The van der Waals surface area contributed by atoms with Gasteiger partial charge in [0.05, 0.1) is 7.11 Å². The molecule has 0 fully saturated rings. The number of hydrogen-bond acceptors (Lipinski definition) is 2. The fourth-order valence-corrected chi connectivity index (χ4v) is 2.84. The minimum absolute atomic E-state index is 0.00669. The number of H-pyrrole nitrogens is 1. The number of ether oxygens (including phenoxy) is 1. The van der Waals surface area contributed by atoms with Crippen molar-refractivity contribution in [1.82, 2.24) is 10.3 Å². The smallest absolute Gasteiger partial charge is 0.216 e. The van der Waals surface area contributed by atoms with Gasteiger partial charge in [0.1, 0.15) is 5.75 Å². The molecule has 0 aliphatic rings. The summed E-state index contributed by atoms with van der Waals surface area (Å²) in [5.41, 5.74) is 4.49. The number of carbonyl (C=O) groups excluding carboxylic acids is 1. The molecule has 0 unspecified atom stereocenters. The van der Waals surface area contributed by atoms with Gasteiger partial charge in [-0.05, 0) is 29.7 Å². The van der Waals surface area contributed by atoms with Gasteiger partial charge in [-0.15, -0.1) is 0 Å². The largest absolute Gasteiger partial charge is 0.497 e. The molecule has 0 saturated heterocycles. The van der Waals surface area contributed by atoms with Gasteiger partial charge in [-0.1, -0.05) is 30.3 Å². The predicted octanol–water partition coefficient (Wildman–Crippen LogP) is 3.52. The quantitative estimate of drug-likeness (QED) is 0.757. The van der Waals surface area contributed by atoms with E-state index in [9.17, 15) is 4.79 Å². The van der Waals surface area contributed by atoms with E-state index in [4.69, 9.17) is 4.74 Å². The summed E-state index contributed by atoms with van der Waals surface area (Å²) in [7, 11) is 1.67. The molecule has 0 bridgehead atoms. The number of amides is 1. The molecular weight excluding hydrogens is 288 g/mol. The van der Waals surface area contributed by atoms with E-state index in [1.54, 1.807) is 7.11 Å². The molecule has 0 aliphatic carbocycles. The number of methoxy groups -OCH3 is 1. The first-order valence-electron chi connectivity index (χ1n) is 7.67. The second kappa shape index (κ2) is 6.57. The van der Waals surface area contributed by atoms with Crippen LogP contribution in [0, 0.1) is 0 Å². The first-order valence-corrected chi connectivity index (χ1v) is 7.67. The van der Waals surface area contributed by atoms with Gasteiger partial charge in [-0.3, -0.25) is 4.79 Å². The van der Waals surface area contributed by atoms with Crippen molar-refractivity contribution >= 4 is 16.8 Å². The lowest BCUT2D eigenvalue weighted by molar-refractivity contribution is -0.118. The average molecular weight is 308 g/mol. The maximum absolute atomic E-state index is 11.1. The fraction of sp³-hybridized carbons (Fsp3) is 0.211. The summed E-state index contributed by atoms with van der Waals surface area (Å²) in [6.45, 7) is 2.16. The second-order valence-electron chi connectivity index (χ2n) is 5.49. The van der Waals surface area contributed by atoms with Crippen LogP contribution in [0.3, 0.4) is 0 Å².